The number of carbonyl (C=O) groups is 3. The highest BCUT2D eigenvalue weighted by Gasteiger charge is 2.31. The zero-order valence-electron chi connectivity index (χ0n) is 37.8. The number of nitrogens with one attached hydrogen (secondary N) is 3. The number of aromatic nitrogens is 6. The molecule has 0 aliphatic carbocycles. The van der Waals surface area contributed by atoms with Gasteiger partial charge in [0.25, 0.3) is 0 Å². The molecule has 65 heavy (non-hydrogen) atoms. The number of piperazine rings is 2. The van der Waals surface area contributed by atoms with Crippen LogP contribution in [0.15, 0.2) is 73.3 Å². The minimum Gasteiger partial charge on any atom is -0.473 e. The zero-order valence-corrected chi connectivity index (χ0v) is 37.8. The SMILES string of the molecule is CC(=O)N1CCN(c2ccc(-c3cn4ncc(C)c4c(O[C@H](C)[C@H]4CNC(=O)C4)n3)cc2)CC1.Cc1cnn2cc(-c3ccc(N4CCNCC4)cc3)nc(O[C@H](C)[C@H]3CNC(=O)C3)c12. The second-order valence-corrected chi connectivity index (χ2v) is 17.6. The van der Waals surface area contributed by atoms with Gasteiger partial charge in [0.05, 0.1) is 36.2 Å². The number of carbonyl (C=O) groups excluding carboxylic acids is 3. The van der Waals surface area contributed by atoms with Crippen molar-refractivity contribution in [3.8, 4) is 34.3 Å². The van der Waals surface area contributed by atoms with E-state index in [4.69, 9.17) is 19.4 Å². The number of hydrogen-bond donors (Lipinski definition) is 3. The fraction of sp³-hybridized carbons (Fsp3) is 0.438. The fourth-order valence-corrected chi connectivity index (χ4v) is 9.03. The summed E-state index contributed by atoms with van der Waals surface area (Å²) in [7, 11) is 0. The number of hydrogen-bond acceptors (Lipinski definition) is 12. The van der Waals surface area contributed by atoms with E-state index < -0.39 is 0 Å². The number of amides is 3. The number of nitrogens with zero attached hydrogens (tertiary/aromatic N) is 9. The summed E-state index contributed by atoms with van der Waals surface area (Å²) in [6.07, 6.45) is 8.17. The monoisotopic (exact) mass is 882 g/mol. The Hall–Kier alpha value is -6.75. The molecule has 0 saturated carbocycles. The topological polar surface area (TPSA) is 176 Å². The van der Waals surface area contributed by atoms with Crippen LogP contribution in [0.4, 0.5) is 11.4 Å². The first-order valence-corrected chi connectivity index (χ1v) is 22.7. The van der Waals surface area contributed by atoms with E-state index in [1.54, 1.807) is 6.92 Å². The predicted octanol–water partition coefficient (Wildman–Crippen LogP) is 4.29. The highest BCUT2D eigenvalue weighted by molar-refractivity contribution is 5.79. The van der Waals surface area contributed by atoms with Gasteiger partial charge in [-0.2, -0.15) is 10.2 Å². The maximum atomic E-state index is 11.6. The number of rotatable bonds is 10. The Balaban J connectivity index is 0.000000165. The summed E-state index contributed by atoms with van der Waals surface area (Å²) < 4.78 is 16.3. The van der Waals surface area contributed by atoms with Gasteiger partial charge in [-0.05, 0) is 52.0 Å². The normalized spacial score (nSPS) is 19.7. The largest absolute Gasteiger partial charge is 0.473 e. The van der Waals surface area contributed by atoms with Crippen molar-refractivity contribution in [2.75, 3.05) is 75.2 Å². The molecule has 0 bridgehead atoms. The van der Waals surface area contributed by atoms with Crippen molar-refractivity contribution in [2.24, 2.45) is 11.8 Å². The van der Waals surface area contributed by atoms with Gasteiger partial charge in [-0.15, -0.1) is 0 Å². The molecule has 17 heteroatoms. The van der Waals surface area contributed by atoms with Crippen LogP contribution in [0, 0.1) is 25.7 Å². The van der Waals surface area contributed by atoms with Crippen LogP contribution in [0.1, 0.15) is 44.7 Å². The van der Waals surface area contributed by atoms with E-state index in [1.807, 2.05) is 66.4 Å². The highest BCUT2D eigenvalue weighted by atomic mass is 16.5. The third-order valence-electron chi connectivity index (χ3n) is 13.1. The standard InChI is InChI=1S/C25H30N6O3.C23H28N6O2/c1-16-13-27-31-15-22(28-25(24(16)31)34-17(2)20-12-23(33)26-14-20)19-4-6-21(7-5-19)30-10-8-29(9-11-30)18(3)32;1-15-12-26-29-14-20(17-3-5-19(6-4-17)28-9-7-24-8-10-28)27-23(22(15)29)31-16(2)18-11-21(30)25-13-18/h4-7,13,15,17,20H,8-12,14H2,1-3H3,(H,26,33);3-6,12,14,16,18,24H,7-11,13H2,1-2H3,(H,25,30)/t17-,20-;16-,18-/m11/s1. The quantitative estimate of drug-likeness (QED) is 0.178. The molecule has 8 heterocycles. The Morgan fingerprint density at radius 1 is 0.646 bits per heavy atom. The smallest absolute Gasteiger partial charge is 0.241 e. The summed E-state index contributed by atoms with van der Waals surface area (Å²) in [5.74, 6) is 1.62. The molecule has 3 N–H and O–H groups in total. The molecular formula is C48H58N12O5. The first kappa shape index (κ1) is 43.5. The summed E-state index contributed by atoms with van der Waals surface area (Å²) in [4.78, 5) is 51.1. The van der Waals surface area contributed by atoms with Crippen LogP contribution in [0.3, 0.4) is 0 Å². The van der Waals surface area contributed by atoms with Crippen molar-refractivity contribution < 1.29 is 23.9 Å². The zero-order chi connectivity index (χ0) is 45.2. The maximum absolute atomic E-state index is 11.6. The van der Waals surface area contributed by atoms with Gasteiger partial charge in [0.1, 0.15) is 23.2 Å². The molecule has 6 aromatic rings. The first-order valence-electron chi connectivity index (χ1n) is 22.7. The molecular weight excluding hydrogens is 825 g/mol. The van der Waals surface area contributed by atoms with Crippen molar-refractivity contribution in [1.82, 2.24) is 50.0 Å². The van der Waals surface area contributed by atoms with E-state index >= 15 is 0 Å². The molecule has 4 aromatic heterocycles. The Kier molecular flexibility index (Phi) is 12.6. The lowest BCUT2D eigenvalue weighted by Gasteiger charge is -2.35. The van der Waals surface area contributed by atoms with Crippen LogP contribution >= 0.6 is 0 Å². The van der Waals surface area contributed by atoms with Gasteiger partial charge in [0.15, 0.2) is 0 Å². The first-order chi connectivity index (χ1) is 31.5. The van der Waals surface area contributed by atoms with Gasteiger partial charge in [0.2, 0.25) is 29.5 Å². The van der Waals surface area contributed by atoms with Crippen molar-refractivity contribution in [1.29, 1.82) is 0 Å². The number of anilines is 2. The molecule has 340 valence electrons. The summed E-state index contributed by atoms with van der Waals surface area (Å²) in [6.45, 7) is 18.1. The minimum absolute atomic E-state index is 0.0654. The molecule has 3 amide bonds. The van der Waals surface area contributed by atoms with Crippen LogP contribution in [-0.4, -0.2) is 129 Å². The van der Waals surface area contributed by atoms with Crippen molar-refractivity contribution in [3.05, 3.63) is 84.4 Å². The second-order valence-electron chi connectivity index (χ2n) is 17.6. The Morgan fingerprint density at radius 2 is 1.08 bits per heavy atom. The van der Waals surface area contributed by atoms with E-state index in [-0.39, 0.29) is 41.8 Å². The summed E-state index contributed by atoms with van der Waals surface area (Å²) >= 11 is 0. The number of aryl methyl sites for hydroxylation is 2. The van der Waals surface area contributed by atoms with Gasteiger partial charge in [-0.3, -0.25) is 14.4 Å². The molecule has 0 spiro atoms. The molecule has 4 fully saturated rings. The van der Waals surface area contributed by atoms with Crippen molar-refractivity contribution >= 4 is 40.1 Å². The van der Waals surface area contributed by atoms with E-state index in [1.165, 1.54) is 5.69 Å². The van der Waals surface area contributed by atoms with Gasteiger partial charge in [-0.1, -0.05) is 24.3 Å². The third kappa shape index (κ3) is 9.55. The van der Waals surface area contributed by atoms with Crippen molar-refractivity contribution in [3.63, 3.8) is 0 Å². The molecule has 2 aromatic carbocycles. The van der Waals surface area contributed by atoms with Gasteiger partial charge < -0.3 is 40.1 Å². The van der Waals surface area contributed by atoms with Crippen LogP contribution in [0.2, 0.25) is 0 Å². The Morgan fingerprint density at radius 3 is 1.48 bits per heavy atom. The van der Waals surface area contributed by atoms with Crippen LogP contribution in [-0.2, 0) is 14.4 Å². The summed E-state index contributed by atoms with van der Waals surface area (Å²) in [5.41, 5.74) is 9.63. The van der Waals surface area contributed by atoms with Gasteiger partial charge >= 0.3 is 0 Å². The highest BCUT2D eigenvalue weighted by Crippen LogP contribution is 2.32. The van der Waals surface area contributed by atoms with E-state index in [2.05, 4.69) is 84.5 Å². The molecule has 17 nitrogen and oxygen atoms in total. The van der Waals surface area contributed by atoms with Crippen LogP contribution in [0.25, 0.3) is 33.5 Å². The van der Waals surface area contributed by atoms with Gasteiger partial charge in [-0.25, -0.2) is 19.0 Å². The van der Waals surface area contributed by atoms with Crippen LogP contribution in [0.5, 0.6) is 11.8 Å². The lowest BCUT2D eigenvalue weighted by molar-refractivity contribution is -0.129. The van der Waals surface area contributed by atoms with Gasteiger partial charge in [0, 0.05) is 131 Å². The predicted molar refractivity (Wildman–Crippen MR) is 248 cm³/mol. The molecule has 0 radical (unpaired) electrons. The minimum atomic E-state index is -0.157. The Bertz CT molecular complexity index is 2670. The number of benzene rings is 2. The fourth-order valence-electron chi connectivity index (χ4n) is 9.03. The molecule has 4 saturated heterocycles. The number of fused-ring (bicyclic) bond motifs is 2. The molecule has 10 rings (SSSR count). The molecule has 0 unspecified atom stereocenters. The molecule has 4 aliphatic heterocycles. The average Bonchev–Trinajstić information content (AvgIpc) is 4.14. The number of ether oxygens (including phenoxy) is 2. The average molecular weight is 883 g/mol. The van der Waals surface area contributed by atoms with E-state index in [0.717, 1.165) is 103 Å². The molecule has 4 atom stereocenters. The summed E-state index contributed by atoms with van der Waals surface area (Å²) in [5, 5.41) is 18.1. The second kappa shape index (κ2) is 18.8. The lowest BCUT2D eigenvalue weighted by Crippen LogP contribution is -2.48. The lowest BCUT2D eigenvalue weighted by atomic mass is 10.0. The summed E-state index contributed by atoms with van der Waals surface area (Å²) in [6, 6.07) is 16.8. The Labute approximate surface area is 378 Å². The van der Waals surface area contributed by atoms with E-state index in [0.29, 0.717) is 37.7 Å². The molecule has 4 aliphatic rings. The maximum Gasteiger partial charge on any atom is 0.241 e. The third-order valence-corrected chi connectivity index (χ3v) is 13.1. The van der Waals surface area contributed by atoms with Crippen molar-refractivity contribution in [2.45, 2.75) is 59.7 Å². The van der Waals surface area contributed by atoms with E-state index in [9.17, 15) is 14.4 Å². The van der Waals surface area contributed by atoms with Crippen LogP contribution < -0.4 is 35.2 Å².